The van der Waals surface area contributed by atoms with Gasteiger partial charge in [0.1, 0.15) is 6.17 Å². The first-order valence-electron chi connectivity index (χ1n) is 12.4. The zero-order chi connectivity index (χ0) is 27.1. The number of carbonyl (C=O) groups is 2. The number of carboxylic acids is 1. The van der Waals surface area contributed by atoms with Gasteiger partial charge in [0.15, 0.2) is 11.8 Å². The molecule has 2 aliphatic heterocycles. The molecule has 2 aliphatic rings. The molecule has 1 saturated heterocycles. The Bertz CT molecular complexity index is 1280. The fourth-order valence-electron chi connectivity index (χ4n) is 4.41. The second-order valence-corrected chi connectivity index (χ2v) is 10.8. The summed E-state index contributed by atoms with van der Waals surface area (Å²) in [4.78, 5) is 30.5. The summed E-state index contributed by atoms with van der Waals surface area (Å²) in [5.41, 5.74) is -0.0540. The largest absolute Gasteiger partial charge is 0.481 e. The lowest BCUT2D eigenvalue weighted by molar-refractivity contribution is -0.137. The number of hydrogen-bond acceptors (Lipinski definition) is 8. The molecule has 1 fully saturated rings. The normalized spacial score (nSPS) is 17.2. The summed E-state index contributed by atoms with van der Waals surface area (Å²) in [7, 11) is -4.13. The number of carboxylic acid groups (broad SMARTS) is 1. The Morgan fingerprint density at radius 2 is 1.87 bits per heavy atom. The molecule has 13 heteroatoms. The highest BCUT2D eigenvalue weighted by molar-refractivity contribution is 7.89. The molecule has 38 heavy (non-hydrogen) atoms. The van der Waals surface area contributed by atoms with Crippen LogP contribution in [-0.2, 0) is 14.8 Å². The monoisotopic (exact) mass is 546 g/mol. The first kappa shape index (κ1) is 27.3. The summed E-state index contributed by atoms with van der Waals surface area (Å²) in [6.45, 7) is 2.79. The van der Waals surface area contributed by atoms with Crippen LogP contribution in [0.1, 0.15) is 36.0 Å². The zero-order valence-corrected chi connectivity index (χ0v) is 21.5. The first-order valence-corrected chi connectivity index (χ1v) is 13.9. The summed E-state index contributed by atoms with van der Waals surface area (Å²) in [5, 5.41) is 18.2. The standard InChI is InChI=1S/C25H31FN6O5S/c26-23-19(24(35)30-21(16-22(33)34)31-38(36,37)18-6-2-1-3-7-18)8-4-9-20(23)32-14-10-17(11-15-32)29-25-27-12-5-13-28-25/h1-4,6-9,17,21,31H,5,10-16H2,(H,30,35)(H,33,34)(H2,27,28,29). The maximum atomic E-state index is 15.5. The molecule has 2 heterocycles. The number of sulfonamides is 1. The number of nitrogens with zero attached hydrogens (tertiary/aromatic N) is 2. The van der Waals surface area contributed by atoms with Crippen molar-refractivity contribution in [3.8, 4) is 0 Å². The summed E-state index contributed by atoms with van der Waals surface area (Å²) in [6, 6.07) is 11.9. The molecule has 0 aliphatic carbocycles. The summed E-state index contributed by atoms with van der Waals surface area (Å²) in [6.07, 6.45) is 0.269. The number of amides is 1. The third kappa shape index (κ3) is 6.98. The van der Waals surface area contributed by atoms with Gasteiger partial charge in [-0.3, -0.25) is 14.6 Å². The van der Waals surface area contributed by atoms with Crippen molar-refractivity contribution in [1.29, 1.82) is 0 Å². The SMILES string of the molecule is O=C(O)CC(NC(=O)c1cccc(N2CCC(NC3=NCCCN3)CC2)c1F)NS(=O)(=O)c1ccccc1. The molecule has 5 N–H and O–H groups in total. The van der Waals surface area contributed by atoms with Gasteiger partial charge in [-0.05, 0) is 43.5 Å². The molecular formula is C25H31FN6O5S. The molecule has 0 saturated carbocycles. The number of guanidine groups is 1. The lowest BCUT2D eigenvalue weighted by Crippen LogP contribution is -2.50. The first-order chi connectivity index (χ1) is 18.2. The highest BCUT2D eigenvalue weighted by atomic mass is 32.2. The van der Waals surface area contributed by atoms with Crippen LogP contribution in [0.4, 0.5) is 10.1 Å². The van der Waals surface area contributed by atoms with Gasteiger partial charge >= 0.3 is 5.97 Å². The topological polar surface area (TPSA) is 152 Å². The van der Waals surface area contributed by atoms with E-state index in [0.717, 1.165) is 38.3 Å². The number of hydrogen-bond donors (Lipinski definition) is 5. The van der Waals surface area contributed by atoms with E-state index in [1.165, 1.54) is 30.3 Å². The van der Waals surface area contributed by atoms with Crippen LogP contribution in [-0.4, -0.2) is 69.7 Å². The Balaban J connectivity index is 1.43. The van der Waals surface area contributed by atoms with E-state index >= 15 is 4.39 Å². The minimum absolute atomic E-state index is 0.0953. The lowest BCUT2D eigenvalue weighted by atomic mass is 10.0. The second-order valence-electron chi connectivity index (χ2n) is 9.11. The number of aliphatic carboxylic acids is 1. The van der Waals surface area contributed by atoms with E-state index in [2.05, 4.69) is 25.7 Å². The van der Waals surface area contributed by atoms with E-state index in [4.69, 9.17) is 0 Å². The molecule has 1 amide bonds. The van der Waals surface area contributed by atoms with E-state index in [0.29, 0.717) is 13.1 Å². The smallest absolute Gasteiger partial charge is 0.306 e. The van der Waals surface area contributed by atoms with Gasteiger partial charge in [-0.15, -0.1) is 0 Å². The van der Waals surface area contributed by atoms with Gasteiger partial charge in [0.25, 0.3) is 5.91 Å². The second kappa shape index (κ2) is 12.2. The van der Waals surface area contributed by atoms with Crippen LogP contribution in [0.15, 0.2) is 58.4 Å². The number of carbonyl (C=O) groups excluding carboxylic acids is 1. The Kier molecular flexibility index (Phi) is 8.79. The van der Waals surface area contributed by atoms with Crippen molar-refractivity contribution in [1.82, 2.24) is 20.7 Å². The van der Waals surface area contributed by atoms with Gasteiger partial charge in [0.2, 0.25) is 10.0 Å². The highest BCUT2D eigenvalue weighted by Crippen LogP contribution is 2.26. The fraction of sp³-hybridized carbons (Fsp3) is 0.400. The molecule has 204 valence electrons. The van der Waals surface area contributed by atoms with E-state index < -0.39 is 40.3 Å². The van der Waals surface area contributed by atoms with Crippen molar-refractivity contribution in [3.05, 3.63) is 59.9 Å². The third-order valence-electron chi connectivity index (χ3n) is 6.33. The number of halogens is 1. The average molecular weight is 547 g/mol. The summed E-state index contributed by atoms with van der Waals surface area (Å²) >= 11 is 0. The van der Waals surface area contributed by atoms with E-state index in [-0.39, 0.29) is 22.2 Å². The van der Waals surface area contributed by atoms with Crippen LogP contribution < -0.4 is 25.6 Å². The summed E-state index contributed by atoms with van der Waals surface area (Å²) in [5.74, 6) is -2.23. The van der Waals surface area contributed by atoms with Crippen molar-refractivity contribution < 1.29 is 27.5 Å². The number of rotatable bonds is 9. The molecule has 2 aromatic carbocycles. The minimum atomic E-state index is -4.13. The van der Waals surface area contributed by atoms with E-state index in [9.17, 15) is 23.1 Å². The molecule has 0 spiro atoms. The molecule has 2 aromatic rings. The maximum Gasteiger partial charge on any atom is 0.306 e. The van der Waals surface area contributed by atoms with Gasteiger partial charge in [-0.2, -0.15) is 4.72 Å². The minimum Gasteiger partial charge on any atom is -0.481 e. The predicted octanol–water partition coefficient (Wildman–Crippen LogP) is 1.24. The summed E-state index contributed by atoms with van der Waals surface area (Å²) < 4.78 is 43.0. The quantitative estimate of drug-likeness (QED) is 0.295. The number of nitrogens with one attached hydrogen (secondary N) is 4. The van der Waals surface area contributed by atoms with E-state index in [1.807, 2.05) is 4.90 Å². The van der Waals surface area contributed by atoms with Crippen molar-refractivity contribution >= 4 is 33.5 Å². The van der Waals surface area contributed by atoms with Crippen molar-refractivity contribution in [3.63, 3.8) is 0 Å². The molecule has 0 aromatic heterocycles. The predicted molar refractivity (Wildman–Crippen MR) is 140 cm³/mol. The van der Waals surface area contributed by atoms with Gasteiger partial charge in [0.05, 0.1) is 22.6 Å². The Morgan fingerprint density at radius 3 is 2.53 bits per heavy atom. The molecule has 1 unspecified atom stereocenters. The van der Waals surface area contributed by atoms with Gasteiger partial charge in [0, 0.05) is 32.2 Å². The zero-order valence-electron chi connectivity index (χ0n) is 20.7. The number of aliphatic imine (C=N–C) groups is 1. The van der Waals surface area contributed by atoms with Crippen molar-refractivity contribution in [2.75, 3.05) is 31.1 Å². The Morgan fingerprint density at radius 1 is 1.13 bits per heavy atom. The highest BCUT2D eigenvalue weighted by Gasteiger charge is 2.27. The fourth-order valence-corrected chi connectivity index (χ4v) is 5.58. The molecule has 0 radical (unpaired) electrons. The van der Waals surface area contributed by atoms with Crippen molar-refractivity contribution in [2.45, 2.75) is 42.8 Å². The molecule has 1 atom stereocenters. The lowest BCUT2D eigenvalue weighted by Gasteiger charge is -2.35. The Hall–Kier alpha value is -3.71. The van der Waals surface area contributed by atoms with Crippen molar-refractivity contribution in [2.24, 2.45) is 4.99 Å². The molecular weight excluding hydrogens is 515 g/mol. The Labute approximate surface area is 220 Å². The van der Waals surface area contributed by atoms with Crippen LogP contribution in [0.25, 0.3) is 0 Å². The number of anilines is 1. The van der Waals surface area contributed by atoms with Crippen LogP contribution in [0.3, 0.4) is 0 Å². The average Bonchev–Trinajstić information content (AvgIpc) is 2.90. The van der Waals surface area contributed by atoms with Crippen LogP contribution in [0.2, 0.25) is 0 Å². The van der Waals surface area contributed by atoms with Crippen LogP contribution in [0.5, 0.6) is 0 Å². The van der Waals surface area contributed by atoms with Gasteiger partial charge < -0.3 is 26.0 Å². The number of piperidine rings is 1. The van der Waals surface area contributed by atoms with Crippen LogP contribution in [0, 0.1) is 5.82 Å². The van der Waals surface area contributed by atoms with Crippen LogP contribution >= 0.6 is 0 Å². The molecule has 11 nitrogen and oxygen atoms in total. The molecule has 4 rings (SSSR count). The van der Waals surface area contributed by atoms with Gasteiger partial charge in [-0.25, -0.2) is 12.8 Å². The maximum absolute atomic E-state index is 15.5. The number of benzene rings is 2. The third-order valence-corrected chi connectivity index (χ3v) is 7.82. The van der Waals surface area contributed by atoms with Gasteiger partial charge in [-0.1, -0.05) is 24.3 Å². The molecule has 0 bridgehead atoms. The van der Waals surface area contributed by atoms with E-state index in [1.54, 1.807) is 18.2 Å².